The van der Waals surface area contributed by atoms with Crippen molar-refractivity contribution in [3.8, 4) is 0 Å². The van der Waals surface area contributed by atoms with Crippen LogP contribution in [0.25, 0.3) is 0 Å². The van der Waals surface area contributed by atoms with Crippen LogP contribution in [0.1, 0.15) is 12.0 Å². The van der Waals surface area contributed by atoms with Gasteiger partial charge in [-0.2, -0.15) is 0 Å². The molecule has 0 bridgehead atoms. The zero-order chi connectivity index (χ0) is 15.7. The summed E-state index contributed by atoms with van der Waals surface area (Å²) in [6.45, 7) is 2.25. The van der Waals surface area contributed by atoms with Crippen LogP contribution in [0.15, 0.2) is 59.7 Å². The number of benzene rings is 1. The summed E-state index contributed by atoms with van der Waals surface area (Å²) in [7, 11) is 1.72. The van der Waals surface area contributed by atoms with Crippen LogP contribution in [-0.4, -0.2) is 30.4 Å². The third kappa shape index (κ3) is 2.48. The molecule has 3 rings (SSSR count). The summed E-state index contributed by atoms with van der Waals surface area (Å²) >= 11 is 0. The smallest absolute Gasteiger partial charge is 0.260 e. The normalized spacial score (nSPS) is 18.5. The van der Waals surface area contributed by atoms with Crippen molar-refractivity contribution in [3.05, 3.63) is 65.3 Å². The van der Waals surface area contributed by atoms with E-state index in [1.807, 2.05) is 43.3 Å². The van der Waals surface area contributed by atoms with Gasteiger partial charge in [0.05, 0.1) is 11.1 Å². The van der Waals surface area contributed by atoms with E-state index in [0.29, 0.717) is 11.1 Å². The van der Waals surface area contributed by atoms with Gasteiger partial charge >= 0.3 is 0 Å². The Morgan fingerprint density at radius 1 is 0.909 bits per heavy atom. The number of rotatable bonds is 1. The van der Waals surface area contributed by atoms with E-state index in [0.717, 1.165) is 17.7 Å². The van der Waals surface area contributed by atoms with Gasteiger partial charge in [0.2, 0.25) is 0 Å². The molecule has 2 amide bonds. The molecule has 0 fully saturated rings. The number of anilines is 1. The van der Waals surface area contributed by atoms with Crippen molar-refractivity contribution in [3.63, 3.8) is 0 Å². The first-order valence-corrected chi connectivity index (χ1v) is 7.29. The van der Waals surface area contributed by atoms with Gasteiger partial charge < -0.3 is 4.90 Å². The van der Waals surface area contributed by atoms with Crippen molar-refractivity contribution in [1.82, 2.24) is 4.90 Å². The van der Waals surface area contributed by atoms with Crippen LogP contribution >= 0.6 is 0 Å². The molecule has 1 aromatic rings. The number of hydrogen-bond acceptors (Lipinski definition) is 2. The standard InChI is InChI=1S/C18H18N2O2/c1-13-8-10-14(11-9-13)20-12-19(2)17(21)15-6-4-3-5-7-16(15)18(20)22/h4-11H,3,12H2,1-2H3. The Morgan fingerprint density at radius 3 is 2.14 bits per heavy atom. The van der Waals surface area contributed by atoms with Crippen molar-refractivity contribution in [2.45, 2.75) is 13.3 Å². The molecular formula is C18H18N2O2. The first-order valence-electron chi connectivity index (χ1n) is 7.29. The average Bonchev–Trinajstić information content (AvgIpc) is 2.81. The summed E-state index contributed by atoms with van der Waals surface area (Å²) in [5.41, 5.74) is 2.86. The minimum Gasteiger partial charge on any atom is -0.323 e. The molecule has 0 unspecified atom stereocenters. The maximum Gasteiger partial charge on any atom is 0.260 e. The maximum atomic E-state index is 12.9. The summed E-state index contributed by atoms with van der Waals surface area (Å²) in [6.07, 6.45) is 8.05. The van der Waals surface area contributed by atoms with Crippen LogP contribution in [0.5, 0.6) is 0 Å². The predicted octanol–water partition coefficient (Wildman–Crippen LogP) is 2.57. The number of carbonyl (C=O) groups is 2. The lowest BCUT2D eigenvalue weighted by Crippen LogP contribution is -2.40. The lowest BCUT2D eigenvalue weighted by molar-refractivity contribution is -0.125. The summed E-state index contributed by atoms with van der Waals surface area (Å²) in [6, 6.07) is 7.75. The number of likely N-dealkylation sites (N-methyl/N-ethyl adjacent to an activating group) is 1. The number of aryl methyl sites for hydroxylation is 1. The molecule has 2 aliphatic rings. The minimum absolute atomic E-state index is 0.124. The van der Waals surface area contributed by atoms with Crippen LogP contribution in [-0.2, 0) is 9.59 Å². The van der Waals surface area contributed by atoms with Gasteiger partial charge in [0, 0.05) is 12.7 Å². The minimum atomic E-state index is -0.139. The van der Waals surface area contributed by atoms with Gasteiger partial charge in [0.25, 0.3) is 11.8 Å². The SMILES string of the molecule is Cc1ccc(N2CN(C)C(=O)C3=C(C=CCC=C3)C2=O)cc1. The van der Waals surface area contributed by atoms with Crippen molar-refractivity contribution in [2.75, 3.05) is 18.6 Å². The lowest BCUT2D eigenvalue weighted by atomic mass is 10.1. The van der Waals surface area contributed by atoms with Gasteiger partial charge in [-0.3, -0.25) is 14.5 Å². The molecule has 112 valence electrons. The summed E-state index contributed by atoms with van der Waals surface area (Å²) in [4.78, 5) is 28.6. The Bertz CT molecular complexity index is 711. The topological polar surface area (TPSA) is 40.6 Å². The predicted molar refractivity (Wildman–Crippen MR) is 86.2 cm³/mol. The molecule has 0 aromatic heterocycles. The number of hydrogen-bond donors (Lipinski definition) is 0. The van der Waals surface area contributed by atoms with Gasteiger partial charge in [0.15, 0.2) is 0 Å². The molecule has 1 aliphatic carbocycles. The Kier molecular flexibility index (Phi) is 3.67. The van der Waals surface area contributed by atoms with Crippen LogP contribution in [0.3, 0.4) is 0 Å². The Hall–Kier alpha value is -2.62. The van der Waals surface area contributed by atoms with Crippen molar-refractivity contribution >= 4 is 17.5 Å². The van der Waals surface area contributed by atoms with Gasteiger partial charge in [-0.15, -0.1) is 0 Å². The molecule has 22 heavy (non-hydrogen) atoms. The van der Waals surface area contributed by atoms with E-state index < -0.39 is 0 Å². The molecule has 0 atom stereocenters. The van der Waals surface area contributed by atoms with E-state index >= 15 is 0 Å². The lowest BCUT2D eigenvalue weighted by Gasteiger charge is -2.25. The fourth-order valence-electron chi connectivity index (χ4n) is 2.62. The van der Waals surface area contributed by atoms with E-state index in [1.54, 1.807) is 29.0 Å². The fraction of sp³-hybridized carbons (Fsp3) is 0.222. The molecule has 1 aromatic carbocycles. The quantitative estimate of drug-likeness (QED) is 0.798. The Morgan fingerprint density at radius 2 is 1.50 bits per heavy atom. The molecular weight excluding hydrogens is 276 g/mol. The second-order valence-electron chi connectivity index (χ2n) is 5.58. The van der Waals surface area contributed by atoms with E-state index in [1.165, 1.54) is 0 Å². The third-order valence-electron chi connectivity index (χ3n) is 3.88. The second kappa shape index (κ2) is 5.64. The summed E-state index contributed by atoms with van der Waals surface area (Å²) in [5.74, 6) is -0.264. The molecule has 4 heteroatoms. The second-order valence-corrected chi connectivity index (χ2v) is 5.58. The van der Waals surface area contributed by atoms with E-state index in [-0.39, 0.29) is 18.5 Å². The largest absolute Gasteiger partial charge is 0.323 e. The van der Waals surface area contributed by atoms with E-state index in [2.05, 4.69) is 0 Å². The van der Waals surface area contributed by atoms with Crippen molar-refractivity contribution < 1.29 is 9.59 Å². The first-order chi connectivity index (χ1) is 10.6. The zero-order valence-electron chi connectivity index (χ0n) is 12.7. The Labute approximate surface area is 130 Å². The first kappa shape index (κ1) is 14.3. The highest BCUT2D eigenvalue weighted by atomic mass is 16.2. The highest BCUT2D eigenvalue weighted by Crippen LogP contribution is 2.25. The summed E-state index contributed by atoms with van der Waals surface area (Å²) < 4.78 is 0. The van der Waals surface area contributed by atoms with Crippen LogP contribution in [0, 0.1) is 6.92 Å². The molecule has 0 N–H and O–H groups in total. The van der Waals surface area contributed by atoms with Crippen LogP contribution in [0.2, 0.25) is 0 Å². The van der Waals surface area contributed by atoms with Crippen molar-refractivity contribution in [1.29, 1.82) is 0 Å². The molecule has 0 radical (unpaired) electrons. The van der Waals surface area contributed by atoms with Crippen molar-refractivity contribution in [2.24, 2.45) is 0 Å². The molecule has 1 aliphatic heterocycles. The molecule has 1 heterocycles. The Balaban J connectivity index is 2.09. The molecule has 4 nitrogen and oxygen atoms in total. The van der Waals surface area contributed by atoms with Gasteiger partial charge in [-0.25, -0.2) is 0 Å². The highest BCUT2D eigenvalue weighted by molar-refractivity contribution is 6.15. The molecule has 0 saturated carbocycles. The highest BCUT2D eigenvalue weighted by Gasteiger charge is 2.31. The number of nitrogens with zero attached hydrogens (tertiary/aromatic N) is 2. The monoisotopic (exact) mass is 294 g/mol. The van der Waals surface area contributed by atoms with Gasteiger partial charge in [0.1, 0.15) is 6.67 Å². The maximum absolute atomic E-state index is 12.9. The van der Waals surface area contributed by atoms with Crippen LogP contribution < -0.4 is 4.90 Å². The van der Waals surface area contributed by atoms with Gasteiger partial charge in [-0.05, 0) is 25.5 Å². The van der Waals surface area contributed by atoms with E-state index in [4.69, 9.17) is 0 Å². The molecule has 0 saturated heterocycles. The van der Waals surface area contributed by atoms with Crippen LogP contribution in [0.4, 0.5) is 5.69 Å². The number of amides is 2. The molecule has 0 spiro atoms. The third-order valence-corrected chi connectivity index (χ3v) is 3.88. The van der Waals surface area contributed by atoms with E-state index in [9.17, 15) is 9.59 Å². The summed E-state index contributed by atoms with van der Waals surface area (Å²) in [5, 5.41) is 0. The zero-order valence-corrected chi connectivity index (χ0v) is 12.7. The number of allylic oxidation sites excluding steroid dienone is 2. The fourth-order valence-corrected chi connectivity index (χ4v) is 2.62. The average molecular weight is 294 g/mol. The van der Waals surface area contributed by atoms with Gasteiger partial charge in [-0.1, -0.05) is 42.0 Å². The number of carbonyl (C=O) groups excluding carboxylic acids is 2.